The van der Waals surface area contributed by atoms with Gasteiger partial charge >= 0.3 is 5.97 Å². The second-order valence-electron chi connectivity index (χ2n) is 7.37. The summed E-state index contributed by atoms with van der Waals surface area (Å²) in [5.41, 5.74) is 5.24. The summed E-state index contributed by atoms with van der Waals surface area (Å²) in [6.07, 6.45) is -0.0142. The van der Waals surface area contributed by atoms with E-state index >= 15 is 0 Å². The number of amides is 1. The second-order valence-corrected chi connectivity index (χ2v) is 8.23. The Bertz CT molecular complexity index is 1120. The number of hydrogen-bond acceptors (Lipinski definition) is 7. The van der Waals surface area contributed by atoms with Gasteiger partial charge in [0.05, 0.1) is 26.3 Å². The molecule has 168 valence electrons. The number of nitrogens with zero attached hydrogens (tertiary/aromatic N) is 1. The molecule has 0 aliphatic carbocycles. The van der Waals surface area contributed by atoms with Crippen molar-refractivity contribution in [1.29, 1.82) is 0 Å². The second kappa shape index (κ2) is 10.3. The maximum Gasteiger partial charge on any atom is 0.312 e. The molecule has 0 saturated heterocycles. The van der Waals surface area contributed by atoms with Crippen LogP contribution in [0.2, 0.25) is 0 Å². The van der Waals surface area contributed by atoms with Gasteiger partial charge in [0.2, 0.25) is 0 Å². The first-order chi connectivity index (χ1) is 15.3. The van der Waals surface area contributed by atoms with Crippen LogP contribution in [0.3, 0.4) is 0 Å². The van der Waals surface area contributed by atoms with Crippen molar-refractivity contribution in [1.82, 2.24) is 4.98 Å². The molecule has 0 unspecified atom stereocenters. The van der Waals surface area contributed by atoms with Crippen LogP contribution in [-0.2, 0) is 20.7 Å². The minimum Gasteiger partial charge on any atom is -0.493 e. The van der Waals surface area contributed by atoms with Crippen LogP contribution in [-0.4, -0.2) is 37.7 Å². The average molecular weight is 455 g/mol. The van der Waals surface area contributed by atoms with Gasteiger partial charge in [-0.25, -0.2) is 4.98 Å². The highest BCUT2D eigenvalue weighted by Gasteiger charge is 2.14. The smallest absolute Gasteiger partial charge is 0.312 e. The lowest BCUT2D eigenvalue weighted by atomic mass is 10.1. The molecule has 0 bridgehead atoms. The van der Waals surface area contributed by atoms with Gasteiger partial charge in [-0.1, -0.05) is 17.7 Å². The number of nitrogens with one attached hydrogen (secondary N) is 1. The molecule has 1 heterocycles. The summed E-state index contributed by atoms with van der Waals surface area (Å²) in [6, 6.07) is 9.50. The van der Waals surface area contributed by atoms with Crippen molar-refractivity contribution in [3.63, 3.8) is 0 Å². The van der Waals surface area contributed by atoms with E-state index in [1.165, 1.54) is 11.3 Å². The third-order valence-electron chi connectivity index (χ3n) is 4.81. The molecule has 0 radical (unpaired) electrons. The molecule has 3 aromatic rings. The lowest BCUT2D eigenvalue weighted by Crippen LogP contribution is -2.22. The van der Waals surface area contributed by atoms with E-state index in [4.69, 9.17) is 14.2 Å². The van der Waals surface area contributed by atoms with Crippen LogP contribution in [0.4, 0.5) is 5.69 Å². The molecule has 2 aromatic carbocycles. The Morgan fingerprint density at radius 3 is 2.34 bits per heavy atom. The predicted molar refractivity (Wildman–Crippen MR) is 125 cm³/mol. The van der Waals surface area contributed by atoms with Crippen LogP contribution >= 0.6 is 11.3 Å². The van der Waals surface area contributed by atoms with E-state index < -0.39 is 5.97 Å². The molecule has 0 aliphatic rings. The minimum absolute atomic E-state index is 0.0142. The zero-order valence-electron chi connectivity index (χ0n) is 18.8. The van der Waals surface area contributed by atoms with Crippen molar-refractivity contribution in [2.24, 2.45) is 0 Å². The largest absolute Gasteiger partial charge is 0.493 e. The Morgan fingerprint density at radius 1 is 1.00 bits per heavy atom. The van der Waals surface area contributed by atoms with Gasteiger partial charge in [-0.3, -0.25) is 9.59 Å². The fourth-order valence-corrected chi connectivity index (χ4v) is 4.20. The number of anilines is 1. The molecule has 0 aliphatic heterocycles. The summed E-state index contributed by atoms with van der Waals surface area (Å²) < 4.78 is 15.7. The molecule has 3 rings (SSSR count). The fourth-order valence-electron chi connectivity index (χ4n) is 3.39. The monoisotopic (exact) mass is 454 g/mol. The van der Waals surface area contributed by atoms with Crippen LogP contribution in [0.1, 0.15) is 22.4 Å². The van der Waals surface area contributed by atoms with E-state index in [1.807, 2.05) is 45.0 Å². The highest BCUT2D eigenvalue weighted by Crippen LogP contribution is 2.33. The number of esters is 1. The summed E-state index contributed by atoms with van der Waals surface area (Å²) >= 11 is 1.41. The maximum absolute atomic E-state index is 12.2. The number of ether oxygens (including phenoxy) is 3. The Kier molecular flexibility index (Phi) is 7.48. The summed E-state index contributed by atoms with van der Waals surface area (Å²) in [6.45, 7) is 5.51. The number of rotatable bonds is 8. The summed E-state index contributed by atoms with van der Waals surface area (Å²) in [7, 11) is 3.15. The van der Waals surface area contributed by atoms with Crippen molar-refractivity contribution >= 4 is 28.9 Å². The average Bonchev–Trinajstić information content (AvgIpc) is 3.22. The third kappa shape index (κ3) is 5.64. The summed E-state index contributed by atoms with van der Waals surface area (Å²) in [5, 5.41) is 5.36. The first-order valence-electron chi connectivity index (χ1n) is 10.0. The zero-order chi connectivity index (χ0) is 23.3. The SMILES string of the molecule is COc1ccc(-c2nc(CC(=O)OCC(=O)Nc3c(C)cc(C)cc3C)cs2)cc1OC. The Balaban J connectivity index is 1.56. The molecule has 1 amide bonds. The standard InChI is InChI=1S/C24H26N2O5S/c1-14-8-15(2)23(16(3)9-14)26-21(27)12-31-22(28)11-18-13-32-24(25-18)17-6-7-19(29-4)20(10-17)30-5/h6-10,13H,11-12H2,1-5H3,(H,26,27). The van der Waals surface area contributed by atoms with E-state index in [0.29, 0.717) is 17.2 Å². The number of methoxy groups -OCH3 is 2. The molecule has 7 nitrogen and oxygen atoms in total. The van der Waals surface area contributed by atoms with Crippen LogP contribution in [0.25, 0.3) is 10.6 Å². The van der Waals surface area contributed by atoms with Crippen molar-refractivity contribution < 1.29 is 23.8 Å². The molecule has 32 heavy (non-hydrogen) atoms. The van der Waals surface area contributed by atoms with Gasteiger partial charge in [0.1, 0.15) is 5.01 Å². The summed E-state index contributed by atoms with van der Waals surface area (Å²) in [4.78, 5) is 28.9. The number of benzene rings is 2. The van der Waals surface area contributed by atoms with Gasteiger partial charge in [0, 0.05) is 16.6 Å². The van der Waals surface area contributed by atoms with Crippen molar-refractivity contribution in [3.8, 4) is 22.1 Å². The lowest BCUT2D eigenvalue weighted by molar-refractivity contribution is -0.146. The highest BCUT2D eigenvalue weighted by molar-refractivity contribution is 7.13. The van der Waals surface area contributed by atoms with E-state index in [-0.39, 0.29) is 18.9 Å². The zero-order valence-corrected chi connectivity index (χ0v) is 19.6. The molecule has 0 fully saturated rings. The molecular formula is C24H26N2O5S. The van der Waals surface area contributed by atoms with Crippen LogP contribution in [0, 0.1) is 20.8 Å². The number of aryl methyl sites for hydroxylation is 3. The van der Waals surface area contributed by atoms with Gasteiger partial charge in [-0.15, -0.1) is 11.3 Å². The van der Waals surface area contributed by atoms with Crippen molar-refractivity contribution in [2.75, 3.05) is 26.1 Å². The van der Waals surface area contributed by atoms with E-state index in [9.17, 15) is 9.59 Å². The Morgan fingerprint density at radius 2 is 1.69 bits per heavy atom. The first kappa shape index (κ1) is 23.3. The van der Waals surface area contributed by atoms with Crippen LogP contribution in [0.15, 0.2) is 35.7 Å². The topological polar surface area (TPSA) is 86.8 Å². The molecular weight excluding hydrogens is 428 g/mol. The van der Waals surface area contributed by atoms with Gasteiger partial charge in [0.15, 0.2) is 18.1 Å². The molecule has 0 spiro atoms. The van der Waals surface area contributed by atoms with Gasteiger partial charge < -0.3 is 19.5 Å². The van der Waals surface area contributed by atoms with Crippen LogP contribution in [0.5, 0.6) is 11.5 Å². The molecule has 8 heteroatoms. The summed E-state index contributed by atoms with van der Waals surface area (Å²) in [5.74, 6) is 0.344. The fraction of sp³-hybridized carbons (Fsp3) is 0.292. The number of hydrogen-bond donors (Lipinski definition) is 1. The Hall–Kier alpha value is -3.39. The minimum atomic E-state index is -0.512. The van der Waals surface area contributed by atoms with Crippen LogP contribution < -0.4 is 14.8 Å². The number of aromatic nitrogens is 1. The quantitative estimate of drug-likeness (QED) is 0.505. The number of carbonyl (C=O) groups excluding carboxylic acids is 2. The molecule has 1 aromatic heterocycles. The van der Waals surface area contributed by atoms with E-state index in [1.54, 1.807) is 25.7 Å². The normalized spacial score (nSPS) is 10.5. The highest BCUT2D eigenvalue weighted by atomic mass is 32.1. The molecule has 0 atom stereocenters. The number of thiazole rings is 1. The lowest BCUT2D eigenvalue weighted by Gasteiger charge is -2.13. The Labute approximate surface area is 191 Å². The van der Waals surface area contributed by atoms with Crippen molar-refractivity contribution in [2.45, 2.75) is 27.2 Å². The predicted octanol–water partition coefficient (Wildman–Crippen LogP) is 4.48. The van der Waals surface area contributed by atoms with Gasteiger partial charge in [-0.05, 0) is 50.1 Å². The van der Waals surface area contributed by atoms with E-state index in [0.717, 1.165) is 32.9 Å². The van der Waals surface area contributed by atoms with Gasteiger partial charge in [0.25, 0.3) is 5.91 Å². The maximum atomic E-state index is 12.2. The molecule has 0 saturated carbocycles. The van der Waals surface area contributed by atoms with Crippen molar-refractivity contribution in [3.05, 3.63) is 58.1 Å². The van der Waals surface area contributed by atoms with Gasteiger partial charge in [-0.2, -0.15) is 0 Å². The third-order valence-corrected chi connectivity index (χ3v) is 5.75. The molecule has 1 N–H and O–H groups in total. The number of carbonyl (C=O) groups is 2. The first-order valence-corrected chi connectivity index (χ1v) is 10.9. The van der Waals surface area contributed by atoms with E-state index in [2.05, 4.69) is 10.3 Å².